The van der Waals surface area contributed by atoms with Crippen LogP contribution in [-0.4, -0.2) is 50.4 Å². The van der Waals surface area contributed by atoms with Crippen LogP contribution in [0.2, 0.25) is 0 Å². The molecule has 0 amide bonds. The molecule has 3 fully saturated rings. The van der Waals surface area contributed by atoms with Gasteiger partial charge in [-0.3, -0.25) is 9.59 Å². The van der Waals surface area contributed by atoms with E-state index in [2.05, 4.69) is 12.6 Å². The Morgan fingerprint density at radius 1 is 1.19 bits per heavy atom. The number of aliphatic hydroxyl groups is 1. The monoisotopic (exact) mass is 548 g/mol. The van der Waals surface area contributed by atoms with Gasteiger partial charge in [-0.05, 0) is 55.9 Å². The van der Waals surface area contributed by atoms with Crippen LogP contribution >= 0.6 is 24.8 Å². The highest BCUT2D eigenvalue weighted by atomic mass is 32.1. The quantitative estimate of drug-likeness (QED) is 0.306. The lowest BCUT2D eigenvalue weighted by Crippen LogP contribution is -2.70. The summed E-state index contributed by atoms with van der Waals surface area (Å²) in [6.45, 7) is 4.98. The van der Waals surface area contributed by atoms with E-state index in [9.17, 15) is 19.5 Å². The molecular weight excluding hydrogens is 518 g/mol. The molecule has 0 aliphatic heterocycles. The fourth-order valence-electron chi connectivity index (χ4n) is 8.16. The number of alkyl halides is 2. The van der Waals surface area contributed by atoms with E-state index >= 15 is 8.78 Å². The van der Waals surface area contributed by atoms with Crippen molar-refractivity contribution in [2.24, 2.45) is 28.6 Å². The Bertz CT molecular complexity index is 1240. The zero-order valence-corrected chi connectivity index (χ0v) is 22.6. The van der Waals surface area contributed by atoms with Gasteiger partial charge in [-0.15, -0.1) is 12.6 Å². The fourth-order valence-corrected chi connectivity index (χ4v) is 8.90. The van der Waals surface area contributed by atoms with Crippen LogP contribution in [0.15, 0.2) is 47.6 Å². The number of fused-ring (bicyclic) bond motifs is 5. The summed E-state index contributed by atoms with van der Waals surface area (Å²) in [4.78, 5) is 39.1. The summed E-state index contributed by atoms with van der Waals surface area (Å²) in [6, 6.07) is 0. The number of thiocarbonyl (C=S) groups is 1. The van der Waals surface area contributed by atoms with E-state index in [1.807, 2.05) is 0 Å². The van der Waals surface area contributed by atoms with Crippen molar-refractivity contribution in [1.82, 2.24) is 0 Å². The molecule has 1 N–H and O–H groups in total. The van der Waals surface area contributed by atoms with Crippen molar-refractivity contribution in [3.8, 4) is 0 Å². The Hall–Kier alpha value is -1.97. The average molecular weight is 549 g/mol. The maximum atomic E-state index is 17.4. The second-order valence-electron chi connectivity index (χ2n) is 11.6. The van der Waals surface area contributed by atoms with Crippen LogP contribution in [0.25, 0.3) is 0 Å². The first-order valence-corrected chi connectivity index (χ1v) is 13.4. The van der Waals surface area contributed by atoms with Gasteiger partial charge in [0.1, 0.15) is 6.17 Å². The maximum absolute atomic E-state index is 17.4. The maximum Gasteiger partial charge on any atom is 0.339 e. The molecule has 5 aliphatic rings. The number of ketones is 1. The summed E-state index contributed by atoms with van der Waals surface area (Å²) in [5.74, 6) is -3.33. The number of allylic oxidation sites excluding steroid dienone is 6. The zero-order valence-electron chi connectivity index (χ0n) is 20.9. The number of hydrogen-bond acceptors (Lipinski definition) is 6. The number of halogens is 2. The third-order valence-corrected chi connectivity index (χ3v) is 10.5. The van der Waals surface area contributed by atoms with Gasteiger partial charge in [-0.2, -0.15) is 0 Å². The lowest BCUT2D eigenvalue weighted by Gasteiger charge is -2.63. The van der Waals surface area contributed by atoms with Crippen LogP contribution in [0.3, 0.4) is 0 Å². The molecule has 0 radical (unpaired) electrons. The molecule has 9 heteroatoms. The Morgan fingerprint density at radius 3 is 2.54 bits per heavy atom. The van der Waals surface area contributed by atoms with Crippen molar-refractivity contribution in [1.29, 1.82) is 0 Å². The van der Waals surface area contributed by atoms with Gasteiger partial charge in [0, 0.05) is 34.0 Å². The first-order valence-electron chi connectivity index (χ1n) is 12.6. The first-order chi connectivity index (χ1) is 17.2. The fraction of sp³-hybridized carbons (Fsp3) is 0.571. The number of thiol groups is 1. The molecule has 0 spiro atoms. The molecule has 0 aromatic heterocycles. The Labute approximate surface area is 225 Å². The summed E-state index contributed by atoms with van der Waals surface area (Å²) in [5.41, 5.74) is -6.58. The van der Waals surface area contributed by atoms with Crippen molar-refractivity contribution in [2.45, 2.75) is 70.0 Å². The van der Waals surface area contributed by atoms with Gasteiger partial charge in [0.05, 0.1) is 11.7 Å². The molecule has 9 atom stereocenters. The Balaban J connectivity index is 1.60. The molecule has 0 saturated heterocycles. The number of esters is 1. The predicted molar refractivity (Wildman–Crippen MR) is 140 cm³/mol. The van der Waals surface area contributed by atoms with Gasteiger partial charge in [-0.1, -0.05) is 44.3 Å². The number of rotatable bonds is 3. The number of carbonyl (C=O) groups is 3. The summed E-state index contributed by atoms with van der Waals surface area (Å²) in [6.07, 6.45) is 5.69. The van der Waals surface area contributed by atoms with Crippen molar-refractivity contribution >= 4 is 46.6 Å². The lowest BCUT2D eigenvalue weighted by molar-refractivity contribution is -0.227. The lowest BCUT2D eigenvalue weighted by atomic mass is 9.44. The SMILES string of the molecule is C[C@@H]1C[C@H]2[C@@H]3C[C@H](F)C4=CC(=O)C=C[C@]4(C)[C@@]3(F)[C@@H](O)C[C@]2(C)[C@@]1(OC(=O)C1=CC(=S)CC=C1)C(=O)S. The molecule has 198 valence electrons. The molecule has 0 bridgehead atoms. The second-order valence-corrected chi connectivity index (χ2v) is 12.5. The van der Waals surface area contributed by atoms with Crippen molar-refractivity contribution in [3.63, 3.8) is 0 Å². The molecule has 5 rings (SSSR count). The van der Waals surface area contributed by atoms with E-state index in [4.69, 9.17) is 17.0 Å². The second kappa shape index (κ2) is 8.52. The largest absolute Gasteiger partial charge is 0.446 e. The van der Waals surface area contributed by atoms with Crippen molar-refractivity contribution < 1.29 is 33.0 Å². The van der Waals surface area contributed by atoms with Crippen LogP contribution in [0, 0.1) is 28.6 Å². The highest BCUT2D eigenvalue weighted by Crippen LogP contribution is 2.71. The summed E-state index contributed by atoms with van der Waals surface area (Å²) >= 11 is 9.38. The Morgan fingerprint density at radius 2 is 1.89 bits per heavy atom. The third-order valence-electron chi connectivity index (χ3n) is 9.91. The number of carbonyl (C=O) groups excluding carboxylic acids is 3. The summed E-state index contributed by atoms with van der Waals surface area (Å²) in [7, 11) is 0. The molecule has 0 heterocycles. The molecular formula is C28H30F2O5S2. The number of ether oxygens (including phenoxy) is 1. The van der Waals surface area contributed by atoms with Gasteiger partial charge in [0.15, 0.2) is 17.1 Å². The molecule has 5 aliphatic carbocycles. The van der Waals surface area contributed by atoms with Crippen LogP contribution in [0.5, 0.6) is 0 Å². The van der Waals surface area contributed by atoms with E-state index < -0.39 is 69.0 Å². The van der Waals surface area contributed by atoms with Crippen molar-refractivity contribution in [3.05, 3.63) is 47.6 Å². The smallest absolute Gasteiger partial charge is 0.339 e. The van der Waals surface area contributed by atoms with E-state index in [0.717, 1.165) is 6.08 Å². The first kappa shape index (κ1) is 26.6. The van der Waals surface area contributed by atoms with Gasteiger partial charge in [0.2, 0.25) is 5.12 Å². The normalized spacial score (nSPS) is 46.4. The molecule has 0 aromatic rings. The summed E-state index contributed by atoms with van der Waals surface area (Å²) < 4.78 is 39.0. The third kappa shape index (κ3) is 3.35. The average Bonchev–Trinajstić information content (AvgIpc) is 3.04. The van der Waals surface area contributed by atoms with E-state index in [1.54, 1.807) is 26.0 Å². The van der Waals surface area contributed by atoms with Crippen molar-refractivity contribution in [2.75, 3.05) is 0 Å². The standard InChI is InChI=1S/C28H30F2O5S2/c1-14-9-18-19-12-21(29)20-11-16(31)7-8-25(20,2)27(19,30)22(32)13-26(18,3)28(14,24(34)37)35-23(33)15-5-4-6-17(36)10-15/h4-5,7-8,10-11,14,18-19,21-22,32H,6,9,12-13H2,1-3H3,(H,34,37)/t14-,18+,19+,21+,22+,25+,26+,27+,28+/m1/s1. The van der Waals surface area contributed by atoms with Crippen LogP contribution in [0.4, 0.5) is 8.78 Å². The number of hydrogen-bond donors (Lipinski definition) is 2. The molecule has 5 nitrogen and oxygen atoms in total. The van der Waals surface area contributed by atoms with Crippen LogP contribution in [-0.2, 0) is 19.1 Å². The molecule has 37 heavy (non-hydrogen) atoms. The van der Waals surface area contributed by atoms with Crippen LogP contribution < -0.4 is 0 Å². The van der Waals surface area contributed by atoms with E-state index in [1.165, 1.54) is 25.2 Å². The minimum atomic E-state index is -2.29. The zero-order chi connectivity index (χ0) is 27.1. The van der Waals surface area contributed by atoms with E-state index in [-0.39, 0.29) is 30.4 Å². The predicted octanol–water partition coefficient (Wildman–Crippen LogP) is 4.55. The summed E-state index contributed by atoms with van der Waals surface area (Å²) in [5, 5.41) is 10.8. The molecule has 3 saturated carbocycles. The molecule has 0 unspecified atom stereocenters. The Kier molecular flexibility index (Phi) is 6.13. The van der Waals surface area contributed by atoms with Gasteiger partial charge < -0.3 is 9.84 Å². The molecule has 0 aromatic carbocycles. The topological polar surface area (TPSA) is 80.7 Å². The minimum Gasteiger partial charge on any atom is -0.446 e. The highest BCUT2D eigenvalue weighted by Gasteiger charge is 2.78. The van der Waals surface area contributed by atoms with Gasteiger partial charge in [0.25, 0.3) is 0 Å². The minimum absolute atomic E-state index is 0.0300. The number of aliphatic hydroxyl groups excluding tert-OH is 1. The van der Waals surface area contributed by atoms with Gasteiger partial charge in [-0.25, -0.2) is 13.6 Å². The van der Waals surface area contributed by atoms with Crippen LogP contribution in [0.1, 0.15) is 46.5 Å². The highest BCUT2D eigenvalue weighted by molar-refractivity contribution is 7.96. The van der Waals surface area contributed by atoms with Gasteiger partial charge >= 0.3 is 5.97 Å². The van der Waals surface area contributed by atoms with E-state index in [0.29, 0.717) is 11.3 Å².